The van der Waals surface area contributed by atoms with Gasteiger partial charge < -0.3 is 9.26 Å². The number of hydrogen-bond acceptors (Lipinski definition) is 4. The fourth-order valence-corrected chi connectivity index (χ4v) is 0.772. The monoisotopic (exact) mass is 165 g/mol. The normalized spacial score (nSPS) is 9.08. The molecule has 0 bridgehead atoms. The largest absolute Gasteiger partial charge is 0.463 e. The van der Waals surface area contributed by atoms with Crippen LogP contribution in [0.4, 0.5) is 0 Å². The summed E-state index contributed by atoms with van der Waals surface area (Å²) < 4.78 is 9.10. The number of aromatic nitrogens is 1. The van der Waals surface area contributed by atoms with Gasteiger partial charge in [-0.2, -0.15) is 0 Å². The molecule has 0 saturated carbocycles. The molecule has 4 heteroatoms. The van der Waals surface area contributed by atoms with Crippen molar-refractivity contribution in [2.75, 3.05) is 7.11 Å². The molecule has 0 atom stereocenters. The third-order valence-corrected chi connectivity index (χ3v) is 1.38. The van der Waals surface area contributed by atoms with Crippen LogP contribution in [-0.2, 0) is 4.74 Å². The molecule has 0 saturated heterocycles. The molecular formula is C8H7NO3. The van der Waals surface area contributed by atoms with Gasteiger partial charge in [-0.15, -0.1) is 6.42 Å². The number of hydrogen-bond donors (Lipinski definition) is 0. The van der Waals surface area contributed by atoms with Crippen molar-refractivity contribution in [3.05, 3.63) is 17.0 Å². The summed E-state index contributed by atoms with van der Waals surface area (Å²) in [5, 5.41) is 3.54. The number of esters is 1. The lowest BCUT2D eigenvalue weighted by Crippen LogP contribution is -2.01. The summed E-state index contributed by atoms with van der Waals surface area (Å²) in [6.07, 6.45) is 5.13. The molecule has 0 aliphatic carbocycles. The Morgan fingerprint density at radius 1 is 1.75 bits per heavy atom. The lowest BCUT2D eigenvalue weighted by Gasteiger charge is -1.91. The zero-order chi connectivity index (χ0) is 9.14. The summed E-state index contributed by atoms with van der Waals surface area (Å²) in [5.74, 6) is 1.68. The highest BCUT2D eigenvalue weighted by Crippen LogP contribution is 2.12. The summed E-state index contributed by atoms with van der Waals surface area (Å²) in [4.78, 5) is 11.0. The van der Waals surface area contributed by atoms with Crippen LogP contribution in [0, 0.1) is 19.3 Å². The van der Waals surface area contributed by atoms with Crippen molar-refractivity contribution in [1.29, 1.82) is 0 Å². The van der Waals surface area contributed by atoms with Gasteiger partial charge in [0.1, 0.15) is 5.56 Å². The summed E-state index contributed by atoms with van der Waals surface area (Å²) in [6.45, 7) is 1.66. The van der Waals surface area contributed by atoms with Gasteiger partial charge in [-0.25, -0.2) is 4.79 Å². The van der Waals surface area contributed by atoms with Gasteiger partial charge in [-0.05, 0) is 6.92 Å². The van der Waals surface area contributed by atoms with Crippen LogP contribution in [0.2, 0.25) is 0 Å². The fourth-order valence-electron chi connectivity index (χ4n) is 0.772. The second-order valence-electron chi connectivity index (χ2n) is 2.11. The van der Waals surface area contributed by atoms with E-state index in [0.717, 1.165) is 0 Å². The lowest BCUT2D eigenvalue weighted by molar-refractivity contribution is 0.0554. The lowest BCUT2D eigenvalue weighted by atomic mass is 10.2. The number of aryl methyl sites for hydroxylation is 1. The van der Waals surface area contributed by atoms with Gasteiger partial charge in [-0.3, -0.25) is 0 Å². The van der Waals surface area contributed by atoms with Gasteiger partial charge >= 0.3 is 5.97 Å². The highest BCUT2D eigenvalue weighted by Gasteiger charge is 2.18. The molecule has 1 aromatic rings. The van der Waals surface area contributed by atoms with Crippen molar-refractivity contribution in [3.63, 3.8) is 0 Å². The molecule has 1 heterocycles. The second-order valence-corrected chi connectivity index (χ2v) is 2.11. The Morgan fingerprint density at radius 3 is 2.92 bits per heavy atom. The highest BCUT2D eigenvalue weighted by molar-refractivity contribution is 5.89. The average molecular weight is 165 g/mol. The van der Waals surface area contributed by atoms with E-state index in [2.05, 4.69) is 20.3 Å². The first-order valence-corrected chi connectivity index (χ1v) is 3.22. The van der Waals surface area contributed by atoms with Crippen molar-refractivity contribution < 1.29 is 14.1 Å². The summed E-state index contributed by atoms with van der Waals surface area (Å²) >= 11 is 0. The number of carbonyl (C=O) groups excluding carboxylic acids is 1. The van der Waals surface area contributed by atoms with E-state index in [1.807, 2.05) is 0 Å². The van der Waals surface area contributed by atoms with Crippen LogP contribution in [0.1, 0.15) is 21.8 Å². The topological polar surface area (TPSA) is 52.3 Å². The molecule has 4 nitrogen and oxygen atoms in total. The molecular weight excluding hydrogens is 158 g/mol. The Balaban J connectivity index is 3.18. The Bertz CT molecular complexity index is 346. The quantitative estimate of drug-likeness (QED) is 0.455. The Labute approximate surface area is 69.5 Å². The van der Waals surface area contributed by atoms with Gasteiger partial charge in [0, 0.05) is 0 Å². The smallest absolute Gasteiger partial charge is 0.378 e. The average Bonchev–Trinajstić information content (AvgIpc) is 2.45. The van der Waals surface area contributed by atoms with E-state index in [1.54, 1.807) is 6.92 Å². The maximum absolute atomic E-state index is 11.0. The summed E-state index contributed by atoms with van der Waals surface area (Å²) in [5.41, 5.74) is 0.861. The Kier molecular flexibility index (Phi) is 2.15. The summed E-state index contributed by atoms with van der Waals surface area (Å²) in [7, 11) is 1.25. The molecule has 0 aliphatic heterocycles. The van der Waals surface area contributed by atoms with E-state index in [-0.39, 0.29) is 5.76 Å². The first-order chi connectivity index (χ1) is 5.70. The van der Waals surface area contributed by atoms with E-state index in [9.17, 15) is 4.79 Å². The van der Waals surface area contributed by atoms with Gasteiger partial charge in [-0.1, -0.05) is 11.1 Å². The third kappa shape index (κ3) is 1.17. The van der Waals surface area contributed by atoms with E-state index in [1.165, 1.54) is 7.11 Å². The summed E-state index contributed by atoms with van der Waals surface area (Å²) in [6, 6.07) is 0. The molecule has 1 aromatic heterocycles. The molecule has 0 aromatic carbocycles. The van der Waals surface area contributed by atoms with Gasteiger partial charge in [0.05, 0.1) is 12.8 Å². The molecule has 0 fully saturated rings. The van der Waals surface area contributed by atoms with Crippen LogP contribution in [0.3, 0.4) is 0 Å². The Morgan fingerprint density at radius 2 is 2.42 bits per heavy atom. The first kappa shape index (κ1) is 8.34. The zero-order valence-electron chi connectivity index (χ0n) is 6.75. The number of rotatable bonds is 1. The maximum atomic E-state index is 11.0. The Hall–Kier alpha value is -1.76. The van der Waals surface area contributed by atoms with Crippen LogP contribution in [0.15, 0.2) is 4.52 Å². The van der Waals surface area contributed by atoms with E-state index in [4.69, 9.17) is 6.42 Å². The van der Waals surface area contributed by atoms with Crippen molar-refractivity contribution in [2.24, 2.45) is 0 Å². The maximum Gasteiger partial charge on any atom is 0.378 e. The minimum atomic E-state index is -0.608. The van der Waals surface area contributed by atoms with Crippen LogP contribution < -0.4 is 0 Å². The minimum Gasteiger partial charge on any atom is -0.463 e. The number of nitrogens with zero attached hydrogens (tertiary/aromatic N) is 1. The molecule has 1 rings (SSSR count). The van der Waals surface area contributed by atoms with Crippen LogP contribution in [-0.4, -0.2) is 18.2 Å². The van der Waals surface area contributed by atoms with E-state index < -0.39 is 5.97 Å². The molecule has 12 heavy (non-hydrogen) atoms. The number of methoxy groups -OCH3 is 1. The molecule has 62 valence electrons. The number of ether oxygens (including phenoxy) is 1. The van der Waals surface area contributed by atoms with Crippen molar-refractivity contribution in [2.45, 2.75) is 6.92 Å². The standard InChI is InChI=1S/C8H7NO3/c1-4-6-5(2)9-12-7(6)8(10)11-3/h1H,2-3H3. The van der Waals surface area contributed by atoms with Crippen molar-refractivity contribution in [1.82, 2.24) is 5.16 Å². The van der Waals surface area contributed by atoms with Gasteiger partial charge in [0.25, 0.3) is 5.76 Å². The number of carbonyl (C=O) groups is 1. The predicted octanol–water partition coefficient (Wildman–Crippen LogP) is 0.751. The first-order valence-electron chi connectivity index (χ1n) is 3.22. The van der Waals surface area contributed by atoms with E-state index >= 15 is 0 Å². The third-order valence-electron chi connectivity index (χ3n) is 1.38. The molecule has 0 radical (unpaired) electrons. The predicted molar refractivity (Wildman–Crippen MR) is 40.5 cm³/mol. The fraction of sp³-hybridized carbons (Fsp3) is 0.250. The molecule has 0 spiro atoms. The van der Waals surface area contributed by atoms with E-state index in [0.29, 0.717) is 11.3 Å². The van der Waals surface area contributed by atoms with Crippen molar-refractivity contribution in [3.8, 4) is 12.3 Å². The molecule has 0 N–H and O–H groups in total. The van der Waals surface area contributed by atoms with Crippen LogP contribution in [0.5, 0.6) is 0 Å². The zero-order valence-corrected chi connectivity index (χ0v) is 6.75. The highest BCUT2D eigenvalue weighted by atomic mass is 16.5. The second kappa shape index (κ2) is 3.09. The molecule has 0 aliphatic rings. The SMILES string of the molecule is C#Cc1c(C)noc1C(=O)OC. The van der Waals surface area contributed by atoms with Crippen LogP contribution in [0.25, 0.3) is 0 Å². The number of terminal acetylenes is 1. The molecule has 0 unspecified atom stereocenters. The minimum absolute atomic E-state index is 0.0162. The van der Waals surface area contributed by atoms with Gasteiger partial charge in [0.15, 0.2) is 0 Å². The van der Waals surface area contributed by atoms with Crippen LogP contribution >= 0.6 is 0 Å². The van der Waals surface area contributed by atoms with Crippen molar-refractivity contribution >= 4 is 5.97 Å². The molecule has 0 amide bonds. The van der Waals surface area contributed by atoms with Gasteiger partial charge in [0.2, 0.25) is 0 Å².